The second-order valence-electron chi connectivity index (χ2n) is 4.88. The molecule has 0 aromatic heterocycles. The second kappa shape index (κ2) is 7.95. The van der Waals surface area contributed by atoms with Crippen molar-refractivity contribution in [2.24, 2.45) is 0 Å². The number of amides is 3. The first-order valence-corrected chi connectivity index (χ1v) is 7.15. The van der Waals surface area contributed by atoms with Gasteiger partial charge in [0.1, 0.15) is 6.54 Å². The zero-order valence-corrected chi connectivity index (χ0v) is 12.5. The molecule has 0 radical (unpaired) electrons. The van der Waals surface area contributed by atoms with Gasteiger partial charge in [-0.05, 0) is 0 Å². The van der Waals surface area contributed by atoms with Gasteiger partial charge in [-0.3, -0.25) is 10.1 Å². The molecule has 0 bridgehead atoms. The van der Waals surface area contributed by atoms with Crippen molar-refractivity contribution in [2.75, 3.05) is 7.05 Å². The Morgan fingerprint density at radius 1 is 1.00 bits per heavy atom. The minimum atomic E-state index is -0.501. The van der Waals surface area contributed by atoms with Gasteiger partial charge in [-0.1, -0.05) is 60.7 Å². The fraction of sp³-hybridized carbons (Fsp3) is 0.176. The van der Waals surface area contributed by atoms with E-state index < -0.39 is 12.1 Å². The highest BCUT2D eigenvalue weighted by atomic mass is 16.2. The Kier molecular flexibility index (Phi) is 5.68. The first kappa shape index (κ1) is 15.7. The molecule has 1 atom stereocenters. The predicted octanol–water partition coefficient (Wildman–Crippen LogP) is 0.947. The van der Waals surface area contributed by atoms with Crippen LogP contribution in [0, 0.1) is 0 Å². The molecule has 2 aromatic carbocycles. The fourth-order valence-electron chi connectivity index (χ4n) is 2.18. The molecule has 2 rings (SSSR count). The van der Waals surface area contributed by atoms with Gasteiger partial charge in [0, 0.05) is 18.2 Å². The third kappa shape index (κ3) is 4.43. The van der Waals surface area contributed by atoms with Crippen LogP contribution in [0.4, 0.5) is 4.79 Å². The highest BCUT2D eigenvalue weighted by Gasteiger charge is 2.25. The third-order valence-electron chi connectivity index (χ3n) is 3.34. The Bertz CT molecular complexity index is 614. The Morgan fingerprint density at radius 3 is 2.18 bits per heavy atom. The highest BCUT2D eigenvalue weighted by molar-refractivity contribution is 5.96. The molecule has 0 fully saturated rings. The lowest BCUT2D eigenvalue weighted by molar-refractivity contribution is -0.698. The predicted molar refractivity (Wildman–Crippen MR) is 83.9 cm³/mol. The zero-order valence-electron chi connectivity index (χ0n) is 12.5. The van der Waals surface area contributed by atoms with Gasteiger partial charge in [-0.25, -0.2) is 4.79 Å². The highest BCUT2D eigenvalue weighted by Crippen LogP contribution is 2.09. The molecule has 5 heteroatoms. The van der Waals surface area contributed by atoms with E-state index in [1.54, 1.807) is 0 Å². The van der Waals surface area contributed by atoms with E-state index in [4.69, 9.17) is 0 Å². The van der Waals surface area contributed by atoms with E-state index in [2.05, 4.69) is 10.6 Å². The summed E-state index contributed by atoms with van der Waals surface area (Å²) >= 11 is 0. The molecule has 0 unspecified atom stereocenters. The Morgan fingerprint density at radius 2 is 1.59 bits per heavy atom. The smallest absolute Gasteiger partial charge is 0.321 e. The number of carbonyl (C=O) groups excluding carboxylic acids is 2. The number of nitrogens with one attached hydrogen (secondary N) is 2. The van der Waals surface area contributed by atoms with Crippen molar-refractivity contribution < 1.29 is 14.9 Å². The summed E-state index contributed by atoms with van der Waals surface area (Å²) in [4.78, 5) is 23.7. The Labute approximate surface area is 129 Å². The SMILES string of the molecule is CNC(=O)NC(=O)[C@@H]([NH2+]Cc1ccccc1)c1ccccc1. The number of carbonyl (C=O) groups is 2. The molecular formula is C17H20N3O2+. The van der Waals surface area contributed by atoms with Gasteiger partial charge in [0.15, 0.2) is 6.04 Å². The molecule has 5 nitrogen and oxygen atoms in total. The van der Waals surface area contributed by atoms with Crippen LogP contribution >= 0.6 is 0 Å². The maximum absolute atomic E-state index is 12.3. The lowest BCUT2D eigenvalue weighted by Gasteiger charge is -2.15. The van der Waals surface area contributed by atoms with Crippen molar-refractivity contribution in [3.8, 4) is 0 Å². The average Bonchev–Trinajstić information content (AvgIpc) is 2.57. The van der Waals surface area contributed by atoms with Gasteiger partial charge < -0.3 is 10.6 Å². The summed E-state index contributed by atoms with van der Waals surface area (Å²) in [6, 6.07) is 18.4. The van der Waals surface area contributed by atoms with E-state index in [1.807, 2.05) is 66.0 Å². The molecular weight excluding hydrogens is 278 g/mol. The Hall–Kier alpha value is -2.66. The van der Waals surface area contributed by atoms with E-state index in [-0.39, 0.29) is 5.91 Å². The number of urea groups is 1. The average molecular weight is 298 g/mol. The standard InChI is InChI=1S/C17H19N3O2/c1-18-17(22)20-16(21)15(14-10-6-3-7-11-14)19-12-13-8-4-2-5-9-13/h2-11,15,19H,12H2,1H3,(H2,18,20,21,22)/p+1/t15-/m0/s1. The van der Waals surface area contributed by atoms with Crippen LogP contribution in [0.15, 0.2) is 60.7 Å². The van der Waals surface area contributed by atoms with Gasteiger partial charge in [0.2, 0.25) is 0 Å². The summed E-state index contributed by atoms with van der Waals surface area (Å²) in [7, 11) is 1.48. The van der Waals surface area contributed by atoms with Crippen molar-refractivity contribution in [1.82, 2.24) is 10.6 Å². The Balaban J connectivity index is 2.11. The molecule has 0 aliphatic heterocycles. The molecule has 0 spiro atoms. The molecule has 0 saturated carbocycles. The third-order valence-corrected chi connectivity index (χ3v) is 3.34. The fourth-order valence-corrected chi connectivity index (χ4v) is 2.18. The van der Waals surface area contributed by atoms with Crippen molar-refractivity contribution in [3.63, 3.8) is 0 Å². The number of benzene rings is 2. The van der Waals surface area contributed by atoms with Crippen LogP contribution in [0.5, 0.6) is 0 Å². The lowest BCUT2D eigenvalue weighted by atomic mass is 10.1. The van der Waals surface area contributed by atoms with Gasteiger partial charge in [-0.2, -0.15) is 0 Å². The molecule has 22 heavy (non-hydrogen) atoms. The van der Waals surface area contributed by atoms with Crippen LogP contribution in [-0.2, 0) is 11.3 Å². The number of hydrogen-bond donors (Lipinski definition) is 3. The van der Waals surface area contributed by atoms with E-state index in [0.717, 1.165) is 11.1 Å². The molecule has 0 heterocycles. The molecule has 0 saturated heterocycles. The van der Waals surface area contributed by atoms with E-state index in [0.29, 0.717) is 6.54 Å². The summed E-state index contributed by atoms with van der Waals surface area (Å²) < 4.78 is 0. The summed E-state index contributed by atoms with van der Waals surface area (Å²) in [6.45, 7) is 0.654. The van der Waals surface area contributed by atoms with Crippen LogP contribution < -0.4 is 16.0 Å². The maximum Gasteiger partial charge on any atom is 0.321 e. The minimum Gasteiger partial charge on any atom is -0.341 e. The van der Waals surface area contributed by atoms with Crippen LogP contribution in [0.3, 0.4) is 0 Å². The summed E-state index contributed by atoms with van der Waals surface area (Å²) in [5, 5.41) is 6.66. The topological polar surface area (TPSA) is 74.8 Å². The largest absolute Gasteiger partial charge is 0.341 e. The first-order valence-electron chi connectivity index (χ1n) is 7.15. The van der Waals surface area contributed by atoms with Crippen LogP contribution in [0.1, 0.15) is 17.2 Å². The van der Waals surface area contributed by atoms with Crippen LogP contribution in [0.25, 0.3) is 0 Å². The van der Waals surface area contributed by atoms with E-state index in [9.17, 15) is 9.59 Å². The molecule has 3 amide bonds. The number of imide groups is 1. The van der Waals surface area contributed by atoms with Crippen LogP contribution in [0.2, 0.25) is 0 Å². The number of nitrogens with two attached hydrogens (primary N) is 1. The van der Waals surface area contributed by atoms with Crippen molar-refractivity contribution in [3.05, 3.63) is 71.8 Å². The van der Waals surface area contributed by atoms with E-state index >= 15 is 0 Å². The second-order valence-corrected chi connectivity index (χ2v) is 4.88. The summed E-state index contributed by atoms with van der Waals surface area (Å²) in [6.07, 6.45) is 0. The number of rotatable bonds is 5. The van der Waals surface area contributed by atoms with Gasteiger partial charge in [0.25, 0.3) is 5.91 Å². The zero-order chi connectivity index (χ0) is 15.8. The summed E-state index contributed by atoms with van der Waals surface area (Å²) in [5.41, 5.74) is 1.98. The van der Waals surface area contributed by atoms with E-state index in [1.165, 1.54) is 7.05 Å². The summed E-state index contributed by atoms with van der Waals surface area (Å²) in [5.74, 6) is -0.332. The minimum absolute atomic E-state index is 0.332. The van der Waals surface area contributed by atoms with Crippen molar-refractivity contribution in [1.29, 1.82) is 0 Å². The molecule has 2 aromatic rings. The molecule has 114 valence electrons. The normalized spacial score (nSPS) is 11.5. The molecule has 0 aliphatic carbocycles. The van der Waals surface area contributed by atoms with Gasteiger partial charge >= 0.3 is 6.03 Å². The van der Waals surface area contributed by atoms with Crippen molar-refractivity contribution >= 4 is 11.9 Å². The quantitative estimate of drug-likeness (QED) is 0.769. The number of quaternary nitrogens is 1. The lowest BCUT2D eigenvalue weighted by Crippen LogP contribution is -2.86. The molecule has 0 aliphatic rings. The van der Waals surface area contributed by atoms with Gasteiger partial charge in [0.05, 0.1) is 0 Å². The van der Waals surface area contributed by atoms with Crippen LogP contribution in [-0.4, -0.2) is 19.0 Å². The number of hydrogen-bond acceptors (Lipinski definition) is 2. The molecule has 4 N–H and O–H groups in total. The van der Waals surface area contributed by atoms with Gasteiger partial charge in [-0.15, -0.1) is 0 Å². The monoisotopic (exact) mass is 298 g/mol. The first-order chi connectivity index (χ1) is 10.7. The maximum atomic E-state index is 12.3. The van der Waals surface area contributed by atoms with Crippen molar-refractivity contribution in [2.45, 2.75) is 12.6 Å².